The quantitative estimate of drug-likeness (QED) is 0.184. The Morgan fingerprint density at radius 3 is 2.26 bits per heavy atom. The number of para-hydroxylation sites is 1. The van der Waals surface area contributed by atoms with Crippen LogP contribution in [0.15, 0.2) is 97.1 Å². The molecule has 4 aromatic rings. The van der Waals surface area contributed by atoms with Crippen LogP contribution in [0.25, 0.3) is 6.08 Å². The molecule has 4 aromatic carbocycles. The molecule has 0 radical (unpaired) electrons. The van der Waals surface area contributed by atoms with Gasteiger partial charge in [-0.1, -0.05) is 77.8 Å². The van der Waals surface area contributed by atoms with E-state index in [0.717, 1.165) is 16.8 Å². The van der Waals surface area contributed by atoms with Crippen LogP contribution in [0.1, 0.15) is 60.6 Å². The number of anilines is 1. The van der Waals surface area contributed by atoms with Crippen LogP contribution in [0.3, 0.4) is 0 Å². The van der Waals surface area contributed by atoms with E-state index in [0.29, 0.717) is 39.6 Å². The van der Waals surface area contributed by atoms with E-state index in [-0.39, 0.29) is 17.3 Å². The molecule has 7 rings (SSSR count). The summed E-state index contributed by atoms with van der Waals surface area (Å²) in [5, 5.41) is 0.517. The molecule has 1 aliphatic carbocycles. The highest BCUT2D eigenvalue weighted by Crippen LogP contribution is 2.62. The van der Waals surface area contributed by atoms with Gasteiger partial charge in [0.2, 0.25) is 0 Å². The summed E-state index contributed by atoms with van der Waals surface area (Å²) in [5.74, 6) is -0.995. The summed E-state index contributed by atoms with van der Waals surface area (Å²) in [6, 6.07) is 25.7. The first-order chi connectivity index (χ1) is 20.4. The molecule has 1 saturated heterocycles. The number of carbonyl (C=O) groups is 3. The average molecular weight is 574 g/mol. The third-order valence-electron chi connectivity index (χ3n) is 8.91. The van der Waals surface area contributed by atoms with E-state index >= 15 is 0 Å². The molecular formula is C36H28ClNO4. The number of nitrogens with zero attached hydrogens (tertiary/aromatic N) is 1. The van der Waals surface area contributed by atoms with Crippen molar-refractivity contribution in [2.75, 3.05) is 11.5 Å². The van der Waals surface area contributed by atoms with E-state index in [4.69, 9.17) is 16.3 Å². The summed E-state index contributed by atoms with van der Waals surface area (Å²) in [5.41, 5.74) is 3.15. The van der Waals surface area contributed by atoms with Crippen LogP contribution in [0.5, 0.6) is 5.75 Å². The van der Waals surface area contributed by atoms with Gasteiger partial charge in [0.1, 0.15) is 17.2 Å². The summed E-state index contributed by atoms with van der Waals surface area (Å²) in [4.78, 5) is 46.4. The second kappa shape index (κ2) is 9.81. The summed E-state index contributed by atoms with van der Waals surface area (Å²) in [6.07, 6.45) is 3.92. The van der Waals surface area contributed by atoms with Crippen LogP contribution in [0.4, 0.5) is 5.69 Å². The number of hydrogen-bond acceptors (Lipinski definition) is 5. The zero-order valence-corrected chi connectivity index (χ0v) is 24.0. The van der Waals surface area contributed by atoms with Gasteiger partial charge < -0.3 is 9.64 Å². The van der Waals surface area contributed by atoms with Crippen LogP contribution in [0.2, 0.25) is 5.02 Å². The molecule has 3 atom stereocenters. The molecule has 0 unspecified atom stereocenters. The lowest BCUT2D eigenvalue weighted by Gasteiger charge is -2.37. The SMILES string of the molecule is CCOc1ccccc1[C@H]1[C@@H](C(=O)c2ccc(Cl)cc2)N2c3ccc(C)cc3C=C[C@@H]2C12C(=O)c1ccccc1C2=O. The normalized spacial score (nSPS) is 21.3. The van der Waals surface area contributed by atoms with Gasteiger partial charge in [0.25, 0.3) is 0 Å². The van der Waals surface area contributed by atoms with Gasteiger partial charge in [-0.15, -0.1) is 0 Å². The topological polar surface area (TPSA) is 63.7 Å². The molecule has 0 saturated carbocycles. The third kappa shape index (κ3) is 3.59. The second-order valence-electron chi connectivity index (χ2n) is 11.1. The number of benzene rings is 4. The maximum Gasteiger partial charge on any atom is 0.185 e. The lowest BCUT2D eigenvalue weighted by Crippen LogP contribution is -2.48. The summed E-state index contributed by atoms with van der Waals surface area (Å²) in [7, 11) is 0. The molecule has 1 fully saturated rings. The summed E-state index contributed by atoms with van der Waals surface area (Å²) in [6.45, 7) is 4.30. The highest BCUT2D eigenvalue weighted by atomic mass is 35.5. The van der Waals surface area contributed by atoms with Crippen LogP contribution < -0.4 is 9.64 Å². The number of ketones is 3. The van der Waals surface area contributed by atoms with Crippen molar-refractivity contribution in [1.82, 2.24) is 0 Å². The van der Waals surface area contributed by atoms with Crippen LogP contribution in [-0.2, 0) is 0 Å². The fourth-order valence-electron chi connectivity index (χ4n) is 7.25. The lowest BCUT2D eigenvalue weighted by molar-refractivity contribution is 0.0664. The molecule has 2 aliphatic heterocycles. The Labute approximate surface area is 249 Å². The van der Waals surface area contributed by atoms with Gasteiger partial charge in [0.05, 0.1) is 12.6 Å². The molecule has 2 heterocycles. The third-order valence-corrected chi connectivity index (χ3v) is 9.16. The minimum absolute atomic E-state index is 0.191. The molecule has 1 spiro atoms. The highest BCUT2D eigenvalue weighted by Gasteiger charge is 2.71. The van der Waals surface area contributed by atoms with Crippen molar-refractivity contribution in [3.63, 3.8) is 0 Å². The van der Waals surface area contributed by atoms with Crippen molar-refractivity contribution in [2.45, 2.75) is 31.8 Å². The lowest BCUT2D eigenvalue weighted by atomic mass is 9.64. The van der Waals surface area contributed by atoms with E-state index in [1.165, 1.54) is 0 Å². The number of carbonyl (C=O) groups excluding carboxylic acids is 3. The monoisotopic (exact) mass is 573 g/mol. The van der Waals surface area contributed by atoms with Gasteiger partial charge >= 0.3 is 0 Å². The Morgan fingerprint density at radius 1 is 0.905 bits per heavy atom. The number of rotatable bonds is 5. The van der Waals surface area contributed by atoms with Gasteiger partial charge in [0.15, 0.2) is 17.3 Å². The molecule has 208 valence electrons. The fraction of sp³-hybridized carbons (Fsp3) is 0.194. The molecule has 42 heavy (non-hydrogen) atoms. The number of hydrogen-bond donors (Lipinski definition) is 0. The minimum atomic E-state index is -1.58. The summed E-state index contributed by atoms with van der Waals surface area (Å²) < 4.78 is 6.10. The zero-order valence-electron chi connectivity index (χ0n) is 23.2. The van der Waals surface area contributed by atoms with Gasteiger partial charge in [-0.2, -0.15) is 0 Å². The van der Waals surface area contributed by atoms with E-state index in [1.54, 1.807) is 48.5 Å². The standard InChI is InChI=1S/C36H28ClNO4/c1-3-42-29-11-7-6-10-27(29)31-32(33(39)22-13-16-24(37)17-14-22)38-28-18-12-21(2)20-23(28)15-19-30(38)36(31)34(40)25-8-4-5-9-26(25)35(36)41/h4-20,30-32H,3H2,1-2H3/t30-,31+,32+/m1/s1. The van der Waals surface area contributed by atoms with Crippen molar-refractivity contribution in [3.8, 4) is 5.75 Å². The first-order valence-electron chi connectivity index (χ1n) is 14.1. The fourth-order valence-corrected chi connectivity index (χ4v) is 7.37. The molecular weight excluding hydrogens is 546 g/mol. The van der Waals surface area contributed by atoms with E-state index < -0.39 is 23.4 Å². The molecule has 0 aromatic heterocycles. The van der Waals surface area contributed by atoms with Gasteiger partial charge in [-0.25, -0.2) is 0 Å². The zero-order chi connectivity index (χ0) is 29.2. The van der Waals surface area contributed by atoms with E-state index in [9.17, 15) is 14.4 Å². The average Bonchev–Trinajstić information content (AvgIpc) is 3.43. The van der Waals surface area contributed by atoms with Crippen molar-refractivity contribution < 1.29 is 19.1 Å². The maximum atomic E-state index is 14.8. The predicted molar refractivity (Wildman–Crippen MR) is 164 cm³/mol. The van der Waals surface area contributed by atoms with Crippen LogP contribution in [0, 0.1) is 12.3 Å². The smallest absolute Gasteiger partial charge is 0.185 e. The van der Waals surface area contributed by atoms with Crippen molar-refractivity contribution in [1.29, 1.82) is 0 Å². The van der Waals surface area contributed by atoms with Gasteiger partial charge in [-0.3, -0.25) is 14.4 Å². The maximum absolute atomic E-state index is 14.8. The second-order valence-corrected chi connectivity index (χ2v) is 11.5. The van der Waals surface area contributed by atoms with Crippen molar-refractivity contribution >= 4 is 40.7 Å². The Bertz CT molecular complexity index is 1770. The number of aryl methyl sites for hydroxylation is 1. The van der Waals surface area contributed by atoms with Gasteiger partial charge in [0, 0.05) is 38.9 Å². The molecule has 0 N–H and O–H groups in total. The van der Waals surface area contributed by atoms with Crippen molar-refractivity contribution in [3.05, 3.63) is 135 Å². The minimum Gasteiger partial charge on any atom is -0.494 e. The van der Waals surface area contributed by atoms with Crippen LogP contribution in [-0.4, -0.2) is 36.0 Å². The first kappa shape index (κ1) is 26.4. The highest BCUT2D eigenvalue weighted by molar-refractivity contribution is 6.32. The molecule has 0 bridgehead atoms. The Kier molecular flexibility index (Phi) is 6.17. The Morgan fingerprint density at radius 2 is 1.57 bits per heavy atom. The molecule has 3 aliphatic rings. The van der Waals surface area contributed by atoms with E-state index in [2.05, 4.69) is 6.07 Å². The van der Waals surface area contributed by atoms with Gasteiger partial charge in [-0.05, 0) is 61.9 Å². The van der Waals surface area contributed by atoms with Crippen LogP contribution >= 0.6 is 11.6 Å². The largest absolute Gasteiger partial charge is 0.494 e. The molecule has 0 amide bonds. The molecule has 6 heteroatoms. The Balaban J connectivity index is 1.56. The number of ether oxygens (including phenoxy) is 1. The Hall–Kier alpha value is -4.48. The first-order valence-corrected chi connectivity index (χ1v) is 14.5. The molecule has 5 nitrogen and oxygen atoms in total. The number of halogens is 1. The van der Waals surface area contributed by atoms with Crippen molar-refractivity contribution in [2.24, 2.45) is 5.41 Å². The summed E-state index contributed by atoms with van der Waals surface area (Å²) >= 11 is 6.20. The number of fused-ring (bicyclic) bond motifs is 5. The van der Waals surface area contributed by atoms with E-state index in [1.807, 2.05) is 67.3 Å². The predicted octanol–water partition coefficient (Wildman–Crippen LogP) is 7.36. The number of Topliss-reactive ketones (excluding diaryl/α,β-unsaturated/α-hetero) is 3.